The van der Waals surface area contributed by atoms with Crippen molar-refractivity contribution in [2.45, 2.75) is 39.2 Å². The van der Waals surface area contributed by atoms with Crippen molar-refractivity contribution in [3.63, 3.8) is 0 Å². The molecule has 454 valence electrons. The fraction of sp³-hybridized carbons (Fsp3) is 0. The smallest absolute Gasteiger partial charge is 0.252 e. The van der Waals surface area contributed by atoms with E-state index in [2.05, 4.69) is 403 Å². The molecule has 0 saturated heterocycles. The first-order valence-electron chi connectivity index (χ1n) is 33.0. The van der Waals surface area contributed by atoms with Crippen LogP contribution in [0.2, 0.25) is 0 Å². The van der Waals surface area contributed by atoms with Gasteiger partial charge in [0.1, 0.15) is 0 Å². The van der Waals surface area contributed by atoms with E-state index in [1.54, 1.807) is 0 Å². The third-order valence-electron chi connectivity index (χ3n) is 19.6. The second kappa shape index (κ2) is 23.8. The van der Waals surface area contributed by atoms with Crippen LogP contribution in [0.1, 0.15) is 0 Å². The summed E-state index contributed by atoms with van der Waals surface area (Å²) in [6, 6.07) is 146. The number of rotatable bonds is 13. The third kappa shape index (κ3) is 9.16. The number of aromatic nitrogens is 1. The first-order valence-corrected chi connectivity index (χ1v) is 36.2. The normalized spacial score (nSPS) is 12.9. The lowest BCUT2D eigenvalue weighted by molar-refractivity contribution is 1.16. The quantitative estimate of drug-likeness (QED) is 0.107. The minimum atomic E-state index is -1.99. The van der Waals surface area contributed by atoms with E-state index < -0.39 is 20.1 Å². The second-order valence-corrected chi connectivity index (χ2v) is 31.0. The van der Waals surface area contributed by atoms with Crippen molar-refractivity contribution in [1.82, 2.24) is 4.57 Å². The van der Waals surface area contributed by atoms with Crippen molar-refractivity contribution >= 4 is 99.1 Å². The van der Waals surface area contributed by atoms with Gasteiger partial charge in [-0.2, -0.15) is 0 Å². The van der Waals surface area contributed by atoms with Crippen molar-refractivity contribution < 1.29 is 0 Å². The molecule has 0 aliphatic carbocycles. The lowest BCUT2D eigenvalue weighted by Gasteiger charge is -2.45. The second-order valence-electron chi connectivity index (χ2n) is 24.7. The van der Waals surface area contributed by atoms with E-state index in [4.69, 9.17) is 0 Å². The Labute approximate surface area is 564 Å². The molecule has 0 fully saturated rings. The van der Waals surface area contributed by atoms with Gasteiger partial charge in [-0.05, 0) is 196 Å². The summed E-state index contributed by atoms with van der Waals surface area (Å²) >= 11 is 0. The monoisotopic (exact) mass is 1260 g/mol. The standard InChI is InChI=1S/C90H64BN3S2/c1-9-29-65(30-10-1)67-49-59-86-82(61-67)91-83-62-68(66-31-11-2-12-32-66)50-60-87(83)93(70-53-57-79(58-54-70)96(75-39-19-6-20-40-75,76-41-21-7-22-42-76)77-43-23-8-24-44-77)89-64-71(94-84-47-27-25-45-80(84)81-46-26-28-48-85(81)94)63-88(90(89)91)92(86)69-51-55-78(56-52-69)95(72-33-13-3-14-34-72,73-35-15-4-16-36-73)74-37-17-5-18-38-74/h1-64H. The zero-order chi connectivity index (χ0) is 63.6. The molecule has 0 spiro atoms. The highest BCUT2D eigenvalue weighted by atomic mass is 32.3. The average Bonchev–Trinajstić information content (AvgIpc) is 0.790. The molecule has 18 rings (SSSR count). The first kappa shape index (κ1) is 57.2. The maximum atomic E-state index is 2.59. The van der Waals surface area contributed by atoms with Gasteiger partial charge >= 0.3 is 0 Å². The zero-order valence-electron chi connectivity index (χ0n) is 52.7. The van der Waals surface area contributed by atoms with Crippen LogP contribution in [0.5, 0.6) is 0 Å². The van der Waals surface area contributed by atoms with Gasteiger partial charge in [0.25, 0.3) is 6.71 Å². The summed E-state index contributed by atoms with van der Waals surface area (Å²) in [5.41, 5.74) is 18.6. The summed E-state index contributed by atoms with van der Waals surface area (Å²) in [6.45, 7) is -0.178. The van der Waals surface area contributed by atoms with Crippen molar-refractivity contribution in [2.75, 3.05) is 9.80 Å². The van der Waals surface area contributed by atoms with Crippen molar-refractivity contribution in [1.29, 1.82) is 0 Å². The molecule has 0 radical (unpaired) electrons. The molecule has 0 unspecified atom stereocenters. The fourth-order valence-electron chi connectivity index (χ4n) is 15.5. The van der Waals surface area contributed by atoms with Crippen LogP contribution in [0, 0.1) is 0 Å². The Morgan fingerprint density at radius 2 is 0.490 bits per heavy atom. The molecule has 0 N–H and O–H groups in total. The summed E-state index contributed by atoms with van der Waals surface area (Å²) in [5.74, 6) is 0. The van der Waals surface area contributed by atoms with Crippen LogP contribution in [0.15, 0.2) is 427 Å². The van der Waals surface area contributed by atoms with E-state index >= 15 is 0 Å². The maximum absolute atomic E-state index is 2.59. The molecule has 2 aliphatic heterocycles. The van der Waals surface area contributed by atoms with Crippen LogP contribution in [0.4, 0.5) is 34.1 Å². The van der Waals surface area contributed by atoms with Crippen LogP contribution in [-0.4, -0.2) is 11.3 Å². The van der Waals surface area contributed by atoms with Crippen LogP contribution >= 0.6 is 20.1 Å². The number of hydrogen-bond acceptors (Lipinski definition) is 2. The van der Waals surface area contributed by atoms with Gasteiger partial charge < -0.3 is 14.4 Å². The van der Waals surface area contributed by atoms with Crippen LogP contribution in [0.25, 0.3) is 49.7 Å². The number of fused-ring (bicyclic) bond motifs is 7. The number of anilines is 6. The van der Waals surface area contributed by atoms with E-state index in [1.165, 1.54) is 88.6 Å². The lowest BCUT2D eigenvalue weighted by atomic mass is 9.33. The molecule has 0 atom stereocenters. The SMILES string of the molecule is c1ccc(-c2ccc3c(c2)B2c4cc(-c5ccccc5)ccc4N(c4ccc(S(c5ccccc5)(c5ccccc5)c5ccccc5)cc4)c4cc(-n5c6ccccc6c6ccccc65)cc(c42)N3c2ccc(S(c3ccccc3)(c3ccccc3)c3ccccc3)cc2)cc1. The summed E-state index contributed by atoms with van der Waals surface area (Å²) in [5, 5.41) is 2.44. The summed E-state index contributed by atoms with van der Waals surface area (Å²) in [6.07, 6.45) is 0. The molecule has 3 nitrogen and oxygen atoms in total. The molecule has 15 aromatic carbocycles. The minimum absolute atomic E-state index is 0.178. The minimum Gasteiger partial charge on any atom is -0.311 e. The Kier molecular flexibility index (Phi) is 14.2. The van der Waals surface area contributed by atoms with Gasteiger partial charge in [0.15, 0.2) is 0 Å². The van der Waals surface area contributed by atoms with Gasteiger partial charge in [0.05, 0.1) is 16.7 Å². The number of nitrogens with zero attached hydrogens (tertiary/aromatic N) is 3. The van der Waals surface area contributed by atoms with Gasteiger partial charge in [-0.15, -0.1) is 20.1 Å². The largest absolute Gasteiger partial charge is 0.311 e. The molecule has 0 saturated carbocycles. The molecule has 6 heteroatoms. The third-order valence-corrected chi connectivity index (χ3v) is 27.4. The Balaban J connectivity index is 0.930. The molecule has 1 aromatic heterocycles. The first-order chi connectivity index (χ1) is 47.6. The van der Waals surface area contributed by atoms with Gasteiger partial charge in [0.2, 0.25) is 0 Å². The van der Waals surface area contributed by atoms with E-state index in [0.717, 1.165) is 50.8 Å². The van der Waals surface area contributed by atoms with E-state index in [0.29, 0.717) is 0 Å². The highest BCUT2D eigenvalue weighted by Crippen LogP contribution is 2.75. The Morgan fingerprint density at radius 1 is 0.208 bits per heavy atom. The van der Waals surface area contributed by atoms with Crippen molar-refractivity contribution in [3.8, 4) is 27.9 Å². The highest BCUT2D eigenvalue weighted by molar-refractivity contribution is 8.34. The molecular formula is C90H64BN3S2. The van der Waals surface area contributed by atoms with Gasteiger partial charge in [-0.1, -0.05) is 231 Å². The fourth-order valence-corrected chi connectivity index (χ4v) is 23.2. The summed E-state index contributed by atoms with van der Waals surface area (Å²) in [4.78, 5) is 15.4. The number of hydrogen-bond donors (Lipinski definition) is 0. The van der Waals surface area contributed by atoms with Crippen molar-refractivity contribution in [2.24, 2.45) is 0 Å². The Bertz CT molecular complexity index is 4970. The summed E-state index contributed by atoms with van der Waals surface area (Å²) in [7, 11) is -3.98. The van der Waals surface area contributed by atoms with E-state index in [-0.39, 0.29) is 6.71 Å². The molecule has 2 aliphatic rings. The lowest BCUT2D eigenvalue weighted by Crippen LogP contribution is -2.61. The summed E-state index contributed by atoms with van der Waals surface area (Å²) < 4.78 is 2.51. The molecule has 0 amide bonds. The van der Waals surface area contributed by atoms with Gasteiger partial charge in [0, 0.05) is 84.1 Å². The van der Waals surface area contributed by atoms with Gasteiger partial charge in [-0.3, -0.25) is 0 Å². The zero-order valence-corrected chi connectivity index (χ0v) is 54.3. The van der Waals surface area contributed by atoms with E-state index in [9.17, 15) is 0 Å². The average molecular weight is 1260 g/mol. The van der Waals surface area contributed by atoms with Crippen LogP contribution in [-0.2, 0) is 0 Å². The topological polar surface area (TPSA) is 11.4 Å². The molecule has 3 heterocycles. The number of benzene rings is 15. The highest BCUT2D eigenvalue weighted by Gasteiger charge is 2.45. The van der Waals surface area contributed by atoms with Gasteiger partial charge in [-0.25, -0.2) is 0 Å². The predicted octanol–water partition coefficient (Wildman–Crippen LogP) is 22.9. The molecular weight excluding hydrogens is 1200 g/mol. The van der Waals surface area contributed by atoms with Crippen LogP contribution in [0.3, 0.4) is 0 Å². The molecule has 16 aromatic rings. The number of para-hydroxylation sites is 2. The molecule has 96 heavy (non-hydrogen) atoms. The van der Waals surface area contributed by atoms with Crippen LogP contribution < -0.4 is 26.2 Å². The Hall–Kier alpha value is -11.5. The maximum Gasteiger partial charge on any atom is 0.252 e. The predicted molar refractivity (Wildman–Crippen MR) is 406 cm³/mol. The molecule has 0 bridgehead atoms. The van der Waals surface area contributed by atoms with E-state index in [1.807, 2.05) is 0 Å². The Morgan fingerprint density at radius 3 is 0.812 bits per heavy atom. The van der Waals surface area contributed by atoms with Crippen molar-refractivity contribution in [3.05, 3.63) is 388 Å².